The van der Waals surface area contributed by atoms with Gasteiger partial charge in [0.2, 0.25) is 0 Å². The molecule has 0 saturated carbocycles. The topological polar surface area (TPSA) is 38.5 Å². The van der Waals surface area contributed by atoms with E-state index in [1.165, 1.54) is 11.1 Å². The van der Waals surface area contributed by atoms with E-state index in [0.29, 0.717) is 6.54 Å². The second-order valence-corrected chi connectivity index (χ2v) is 4.55. The lowest BCUT2D eigenvalue weighted by molar-refractivity contribution is 0.415. The number of nitrogens with two attached hydrogens (primary N) is 1. The van der Waals surface area contributed by atoms with E-state index < -0.39 is 0 Å². The number of nitrogens with zero attached hydrogens (tertiary/aromatic N) is 1. The molecule has 0 heterocycles. The molecule has 0 radical (unpaired) electrons. The van der Waals surface area contributed by atoms with Crippen molar-refractivity contribution < 1.29 is 4.74 Å². The molecule has 0 fully saturated rings. The zero-order chi connectivity index (χ0) is 13.8. The first kappa shape index (κ1) is 13.4. The van der Waals surface area contributed by atoms with Gasteiger partial charge in [0.25, 0.3) is 0 Å². The summed E-state index contributed by atoms with van der Waals surface area (Å²) in [4.78, 5) is 2.12. The highest BCUT2D eigenvalue weighted by molar-refractivity contribution is 5.69. The zero-order valence-electron chi connectivity index (χ0n) is 11.7. The molecular formula is C16H20N2O. The van der Waals surface area contributed by atoms with Crippen molar-refractivity contribution in [2.24, 2.45) is 5.73 Å². The molecule has 19 heavy (non-hydrogen) atoms. The van der Waals surface area contributed by atoms with Crippen LogP contribution in [-0.2, 0) is 6.54 Å². The van der Waals surface area contributed by atoms with E-state index in [9.17, 15) is 0 Å². The third kappa shape index (κ3) is 2.71. The molecule has 0 bridgehead atoms. The van der Waals surface area contributed by atoms with Gasteiger partial charge in [-0.1, -0.05) is 18.2 Å². The number of methoxy groups -OCH3 is 1. The Morgan fingerprint density at radius 1 is 1.16 bits per heavy atom. The van der Waals surface area contributed by atoms with Gasteiger partial charge in [-0.3, -0.25) is 0 Å². The highest BCUT2D eigenvalue weighted by Gasteiger charge is 2.10. The molecule has 0 aliphatic rings. The largest absolute Gasteiger partial charge is 0.495 e. The van der Waals surface area contributed by atoms with Crippen LogP contribution in [0, 0.1) is 6.92 Å². The maximum atomic E-state index is 5.70. The molecule has 0 amide bonds. The fraction of sp³-hybridized carbons (Fsp3) is 0.250. The third-order valence-corrected chi connectivity index (χ3v) is 3.38. The minimum absolute atomic E-state index is 0.574. The van der Waals surface area contributed by atoms with E-state index in [1.54, 1.807) is 7.11 Å². The second kappa shape index (κ2) is 5.76. The molecule has 0 aliphatic carbocycles. The number of hydrogen-bond donors (Lipinski definition) is 1. The maximum Gasteiger partial charge on any atom is 0.142 e. The number of anilines is 2. The summed E-state index contributed by atoms with van der Waals surface area (Å²) >= 11 is 0. The van der Waals surface area contributed by atoms with Crippen LogP contribution < -0.4 is 15.4 Å². The Hall–Kier alpha value is -2.00. The first-order valence-electron chi connectivity index (χ1n) is 6.33. The molecule has 3 nitrogen and oxygen atoms in total. The fourth-order valence-electron chi connectivity index (χ4n) is 2.16. The van der Waals surface area contributed by atoms with Gasteiger partial charge in [-0.05, 0) is 42.3 Å². The number of aryl methyl sites for hydroxylation is 1. The van der Waals surface area contributed by atoms with Gasteiger partial charge in [-0.15, -0.1) is 0 Å². The predicted molar refractivity (Wildman–Crippen MR) is 80.1 cm³/mol. The number of hydrogen-bond acceptors (Lipinski definition) is 3. The minimum atomic E-state index is 0.574. The van der Waals surface area contributed by atoms with Crippen LogP contribution in [0.25, 0.3) is 0 Å². The van der Waals surface area contributed by atoms with Crippen molar-refractivity contribution >= 4 is 11.4 Å². The van der Waals surface area contributed by atoms with Crippen LogP contribution >= 0.6 is 0 Å². The van der Waals surface area contributed by atoms with Crippen LogP contribution in [0.5, 0.6) is 5.75 Å². The van der Waals surface area contributed by atoms with Gasteiger partial charge in [0, 0.05) is 19.3 Å². The van der Waals surface area contributed by atoms with Crippen molar-refractivity contribution in [1.82, 2.24) is 0 Å². The van der Waals surface area contributed by atoms with Gasteiger partial charge in [-0.2, -0.15) is 0 Å². The van der Waals surface area contributed by atoms with Gasteiger partial charge in [0.05, 0.1) is 12.8 Å². The standard InChI is InChI=1S/C16H20N2O/c1-12-10-14(9-8-13(12)11-17)18(2)15-6-4-5-7-16(15)19-3/h4-10H,11,17H2,1-3H3. The van der Waals surface area contributed by atoms with Crippen molar-refractivity contribution in [3.05, 3.63) is 53.6 Å². The van der Waals surface area contributed by atoms with E-state index in [2.05, 4.69) is 30.0 Å². The number of para-hydroxylation sites is 2. The van der Waals surface area contributed by atoms with Crippen molar-refractivity contribution in [3.8, 4) is 5.75 Å². The monoisotopic (exact) mass is 256 g/mol. The Morgan fingerprint density at radius 3 is 2.53 bits per heavy atom. The van der Waals surface area contributed by atoms with Crippen molar-refractivity contribution in [1.29, 1.82) is 0 Å². The molecule has 0 aliphatic heterocycles. The summed E-state index contributed by atoms with van der Waals surface area (Å²) in [5.41, 5.74) is 10.3. The van der Waals surface area contributed by atoms with Crippen LogP contribution in [0.1, 0.15) is 11.1 Å². The highest BCUT2D eigenvalue weighted by atomic mass is 16.5. The predicted octanol–water partition coefficient (Wildman–Crippen LogP) is 3.23. The first-order chi connectivity index (χ1) is 9.17. The van der Waals surface area contributed by atoms with Crippen LogP contribution in [-0.4, -0.2) is 14.2 Å². The summed E-state index contributed by atoms with van der Waals surface area (Å²) in [5.74, 6) is 0.866. The lowest BCUT2D eigenvalue weighted by atomic mass is 10.1. The number of benzene rings is 2. The summed E-state index contributed by atoms with van der Waals surface area (Å²) in [7, 11) is 3.73. The summed E-state index contributed by atoms with van der Waals surface area (Å²) in [5, 5.41) is 0. The average molecular weight is 256 g/mol. The molecule has 2 aromatic carbocycles. The lowest BCUT2D eigenvalue weighted by Gasteiger charge is -2.22. The summed E-state index contributed by atoms with van der Waals surface area (Å²) < 4.78 is 5.40. The molecule has 100 valence electrons. The number of ether oxygens (including phenoxy) is 1. The SMILES string of the molecule is COc1ccccc1N(C)c1ccc(CN)c(C)c1. The van der Waals surface area contributed by atoms with Gasteiger partial charge < -0.3 is 15.4 Å². The first-order valence-corrected chi connectivity index (χ1v) is 6.33. The molecule has 3 heteroatoms. The molecule has 2 N–H and O–H groups in total. The molecule has 0 aromatic heterocycles. The summed E-state index contributed by atoms with van der Waals surface area (Å²) in [6.07, 6.45) is 0. The Balaban J connectivity index is 2.38. The third-order valence-electron chi connectivity index (χ3n) is 3.38. The van der Waals surface area contributed by atoms with Gasteiger partial charge in [-0.25, -0.2) is 0 Å². The smallest absolute Gasteiger partial charge is 0.142 e. The quantitative estimate of drug-likeness (QED) is 0.912. The van der Waals surface area contributed by atoms with E-state index in [1.807, 2.05) is 31.3 Å². The Bertz CT molecular complexity index is 566. The van der Waals surface area contributed by atoms with Crippen LogP contribution in [0.3, 0.4) is 0 Å². The normalized spacial score (nSPS) is 10.3. The molecule has 2 aromatic rings. The van der Waals surface area contributed by atoms with Crippen molar-refractivity contribution in [3.63, 3.8) is 0 Å². The van der Waals surface area contributed by atoms with Crippen LogP contribution in [0.4, 0.5) is 11.4 Å². The lowest BCUT2D eigenvalue weighted by Crippen LogP contribution is -2.11. The summed E-state index contributed by atoms with van der Waals surface area (Å²) in [6.45, 7) is 2.66. The molecular weight excluding hydrogens is 236 g/mol. The molecule has 0 atom stereocenters. The Morgan fingerprint density at radius 2 is 1.89 bits per heavy atom. The van der Waals surface area contributed by atoms with Gasteiger partial charge >= 0.3 is 0 Å². The fourth-order valence-corrected chi connectivity index (χ4v) is 2.16. The van der Waals surface area contributed by atoms with Gasteiger partial charge in [0.1, 0.15) is 5.75 Å². The second-order valence-electron chi connectivity index (χ2n) is 4.55. The number of rotatable bonds is 4. The Labute approximate surface area is 114 Å². The van der Waals surface area contributed by atoms with Crippen molar-refractivity contribution in [2.45, 2.75) is 13.5 Å². The van der Waals surface area contributed by atoms with Crippen LogP contribution in [0.15, 0.2) is 42.5 Å². The average Bonchev–Trinajstić information content (AvgIpc) is 2.46. The molecule has 0 spiro atoms. The van der Waals surface area contributed by atoms with Gasteiger partial charge in [0.15, 0.2) is 0 Å². The zero-order valence-corrected chi connectivity index (χ0v) is 11.7. The van der Waals surface area contributed by atoms with E-state index >= 15 is 0 Å². The van der Waals surface area contributed by atoms with E-state index in [4.69, 9.17) is 10.5 Å². The molecule has 0 unspecified atom stereocenters. The minimum Gasteiger partial charge on any atom is -0.495 e. The summed E-state index contributed by atoms with van der Waals surface area (Å²) in [6, 6.07) is 14.3. The Kier molecular flexibility index (Phi) is 4.07. The van der Waals surface area contributed by atoms with E-state index in [0.717, 1.165) is 17.1 Å². The molecule has 0 saturated heterocycles. The molecule has 2 rings (SSSR count). The maximum absolute atomic E-state index is 5.70. The van der Waals surface area contributed by atoms with Crippen LogP contribution in [0.2, 0.25) is 0 Å². The van der Waals surface area contributed by atoms with E-state index in [-0.39, 0.29) is 0 Å². The van der Waals surface area contributed by atoms with Crippen molar-refractivity contribution in [2.75, 3.05) is 19.1 Å². The highest BCUT2D eigenvalue weighted by Crippen LogP contribution is 2.32.